The Balaban J connectivity index is 1.01. The number of pyridine rings is 1. The highest BCUT2D eigenvalue weighted by molar-refractivity contribution is 5.99. The fourth-order valence-electron chi connectivity index (χ4n) is 12.4. The Morgan fingerprint density at radius 3 is 2.42 bits per heavy atom. The number of fused-ring (bicyclic) bond motifs is 4. The van der Waals surface area contributed by atoms with Crippen molar-refractivity contribution in [3.05, 3.63) is 145 Å². The van der Waals surface area contributed by atoms with Gasteiger partial charge in [0.25, 0.3) is 5.91 Å². The van der Waals surface area contributed by atoms with Crippen LogP contribution in [0.5, 0.6) is 0 Å². The number of aromatic nitrogens is 9. The summed E-state index contributed by atoms with van der Waals surface area (Å²) in [6, 6.07) is 13.9. The van der Waals surface area contributed by atoms with Crippen molar-refractivity contribution in [2.24, 2.45) is 7.05 Å². The molecule has 2 aromatic carbocycles. The second kappa shape index (κ2) is 15.5. The van der Waals surface area contributed by atoms with E-state index in [0.717, 1.165) is 61.2 Å². The molecule has 2 aliphatic carbocycles. The van der Waals surface area contributed by atoms with E-state index in [-0.39, 0.29) is 40.2 Å². The molecule has 0 radical (unpaired) electrons. The first-order valence-electron chi connectivity index (χ1n) is 24.8. The van der Waals surface area contributed by atoms with Crippen molar-refractivity contribution in [3.8, 4) is 17.2 Å². The van der Waals surface area contributed by atoms with E-state index in [4.69, 9.17) is 14.4 Å². The Labute approximate surface area is 406 Å². The summed E-state index contributed by atoms with van der Waals surface area (Å²) < 4.78 is 51.3. The number of aromatic amines is 1. The predicted molar refractivity (Wildman–Crippen MR) is 259 cm³/mol. The van der Waals surface area contributed by atoms with Crippen LogP contribution in [0.2, 0.25) is 0 Å². The van der Waals surface area contributed by atoms with Gasteiger partial charge in [-0.3, -0.25) is 28.1 Å². The minimum Gasteiger partial charge on any atom is -0.376 e. The standard InChI is InChI=1S/C53H55F2N11O5/c1-30-42-44(58-66(34-8-9-39(54)36(25-34)31-6-7-31)46(42)64-22-21-63(50(64)69)41-11-10-40-38(43(41)55)28-56-61(40)5)52(16-19-60(4)20-17-52)29-65(30)47(67)37-26-35-24-32(33-13-23-70-51(2,3)27-33)12-18-62(35)45(37)53(14-15-53)48-57-49(68)71-59-48/h8-12,18,21-22,24-26,28,30-31,33H,6-7,13-17,19-20,23,27,29H2,1-5H3,(H,57,59,68)/t30-,33-/m0/s1. The highest BCUT2D eigenvalue weighted by atomic mass is 19.1. The fourth-order valence-corrected chi connectivity index (χ4v) is 12.4. The van der Waals surface area contributed by atoms with Gasteiger partial charge in [-0.25, -0.2) is 23.1 Å². The Kier molecular flexibility index (Phi) is 9.64. The number of hydrogen-bond acceptors (Lipinski definition) is 9. The number of hydrogen-bond donors (Lipinski definition) is 1. The van der Waals surface area contributed by atoms with Crippen molar-refractivity contribution in [1.29, 1.82) is 0 Å². The van der Waals surface area contributed by atoms with Gasteiger partial charge in [0.05, 0.1) is 56.8 Å². The Bertz CT molecular complexity index is 3610. The quantitative estimate of drug-likeness (QED) is 0.161. The molecule has 366 valence electrons. The molecule has 71 heavy (non-hydrogen) atoms. The molecule has 9 heterocycles. The zero-order chi connectivity index (χ0) is 48.9. The number of likely N-dealkylation sites (tertiary alicyclic amines) is 1. The molecule has 1 amide bonds. The number of benzene rings is 2. The van der Waals surface area contributed by atoms with Crippen molar-refractivity contribution in [1.82, 2.24) is 53.0 Å². The normalized spacial score (nSPS) is 21.6. The molecule has 1 N–H and O–H groups in total. The number of amides is 1. The molecule has 4 fully saturated rings. The minimum atomic E-state index is -0.788. The van der Waals surface area contributed by atoms with Gasteiger partial charge in [0.1, 0.15) is 11.6 Å². The number of H-pyrrole nitrogens is 1. The number of carbonyl (C=O) groups is 1. The van der Waals surface area contributed by atoms with Crippen LogP contribution in [0, 0.1) is 11.6 Å². The molecule has 1 spiro atoms. The van der Waals surface area contributed by atoms with Gasteiger partial charge in [-0.15, -0.1) is 0 Å². The Morgan fingerprint density at radius 2 is 1.69 bits per heavy atom. The zero-order valence-corrected chi connectivity index (χ0v) is 40.4. The third-order valence-corrected chi connectivity index (χ3v) is 16.6. The van der Waals surface area contributed by atoms with Crippen LogP contribution < -0.4 is 11.4 Å². The number of halogens is 2. The number of ether oxygens (including phenoxy) is 1. The van der Waals surface area contributed by atoms with Crippen molar-refractivity contribution in [2.45, 2.75) is 106 Å². The molecule has 16 nitrogen and oxygen atoms in total. The largest absolute Gasteiger partial charge is 0.438 e. The molecule has 0 bridgehead atoms. The van der Waals surface area contributed by atoms with Crippen LogP contribution >= 0.6 is 0 Å². The van der Waals surface area contributed by atoms with Crippen molar-refractivity contribution in [2.75, 3.05) is 33.3 Å². The summed E-state index contributed by atoms with van der Waals surface area (Å²) in [5.41, 5.74) is 4.26. The third kappa shape index (κ3) is 6.80. The van der Waals surface area contributed by atoms with Gasteiger partial charge in [0.2, 0.25) is 0 Å². The van der Waals surface area contributed by atoms with Crippen LogP contribution in [0.15, 0.2) is 87.4 Å². The van der Waals surface area contributed by atoms with Crippen molar-refractivity contribution in [3.63, 3.8) is 0 Å². The molecule has 18 heteroatoms. The van der Waals surface area contributed by atoms with E-state index in [1.807, 2.05) is 30.2 Å². The van der Waals surface area contributed by atoms with E-state index in [0.29, 0.717) is 78.4 Å². The van der Waals surface area contributed by atoms with Crippen LogP contribution in [0.1, 0.15) is 134 Å². The number of nitrogens with zero attached hydrogens (tertiary/aromatic N) is 10. The number of aryl methyl sites for hydroxylation is 1. The van der Waals surface area contributed by atoms with Crippen molar-refractivity contribution < 1.29 is 22.8 Å². The first kappa shape index (κ1) is 44.1. The zero-order valence-electron chi connectivity index (χ0n) is 40.4. The smallest absolute Gasteiger partial charge is 0.376 e. The van der Waals surface area contributed by atoms with E-state index < -0.39 is 34.1 Å². The Morgan fingerprint density at radius 1 is 0.901 bits per heavy atom. The topological polar surface area (TPSA) is 159 Å². The highest BCUT2D eigenvalue weighted by Gasteiger charge is 2.55. The number of piperidine rings is 1. The lowest BCUT2D eigenvalue weighted by atomic mass is 9.70. The molecule has 5 aliphatic rings. The summed E-state index contributed by atoms with van der Waals surface area (Å²) >= 11 is 0. The molecule has 2 saturated heterocycles. The first-order valence-corrected chi connectivity index (χ1v) is 24.8. The van der Waals surface area contributed by atoms with E-state index in [1.54, 1.807) is 47.0 Å². The second-order valence-electron chi connectivity index (χ2n) is 21.6. The monoisotopic (exact) mass is 963 g/mol. The van der Waals surface area contributed by atoms with Crippen LogP contribution in [-0.2, 0) is 22.6 Å². The number of imidazole rings is 1. The van der Waals surface area contributed by atoms with Gasteiger partial charge in [-0.1, -0.05) is 5.16 Å². The molecule has 3 aliphatic heterocycles. The average Bonchev–Trinajstić information content (AvgIpc) is 4.09. The van der Waals surface area contributed by atoms with Gasteiger partial charge in [-0.05, 0) is 164 Å². The van der Waals surface area contributed by atoms with Gasteiger partial charge in [0, 0.05) is 61.0 Å². The lowest BCUT2D eigenvalue weighted by Crippen LogP contribution is -2.54. The van der Waals surface area contributed by atoms with Crippen molar-refractivity contribution >= 4 is 22.3 Å². The molecular formula is C53H55F2N11O5. The van der Waals surface area contributed by atoms with Gasteiger partial charge >= 0.3 is 11.4 Å². The minimum absolute atomic E-state index is 0.0584. The summed E-state index contributed by atoms with van der Waals surface area (Å²) in [6.45, 7) is 8.70. The molecule has 2 saturated carbocycles. The maximum absolute atomic E-state index is 16.4. The second-order valence-corrected chi connectivity index (χ2v) is 21.6. The molecule has 13 rings (SSSR count). The van der Waals surface area contributed by atoms with E-state index in [1.165, 1.54) is 21.4 Å². The summed E-state index contributed by atoms with van der Waals surface area (Å²) in [5, 5.41) is 14.2. The molecule has 2 atom stereocenters. The summed E-state index contributed by atoms with van der Waals surface area (Å²) in [6.07, 6.45) is 12.8. The van der Waals surface area contributed by atoms with Crippen LogP contribution in [0.3, 0.4) is 0 Å². The number of nitrogens with one attached hydrogen (secondary N) is 1. The average molecular weight is 964 g/mol. The summed E-state index contributed by atoms with van der Waals surface area (Å²) in [5.74, 6) is -0.628. The predicted octanol–water partition coefficient (Wildman–Crippen LogP) is 7.72. The van der Waals surface area contributed by atoms with Crippen LogP contribution in [0.25, 0.3) is 33.6 Å². The third-order valence-electron chi connectivity index (χ3n) is 16.6. The van der Waals surface area contributed by atoms with Gasteiger partial charge < -0.3 is 18.9 Å². The first-order chi connectivity index (χ1) is 34.1. The molecule has 0 unspecified atom stereocenters. The number of rotatable bonds is 8. The van der Waals surface area contributed by atoms with E-state index in [2.05, 4.69) is 57.6 Å². The van der Waals surface area contributed by atoms with Gasteiger partial charge in [0.15, 0.2) is 11.6 Å². The fraction of sp³-hybridized carbons (Fsp3) is 0.434. The highest BCUT2D eigenvalue weighted by Crippen LogP contribution is 2.55. The lowest BCUT2D eigenvalue weighted by Gasteiger charge is -2.48. The molecular weight excluding hydrogens is 909 g/mol. The van der Waals surface area contributed by atoms with Crippen LogP contribution in [0.4, 0.5) is 8.78 Å². The molecule has 6 aromatic heterocycles. The summed E-state index contributed by atoms with van der Waals surface area (Å²) in [4.78, 5) is 50.8. The maximum atomic E-state index is 16.4. The maximum Gasteiger partial charge on any atom is 0.438 e. The Hall–Kier alpha value is -6.92. The number of carbonyl (C=O) groups excluding carboxylic acids is 1. The van der Waals surface area contributed by atoms with Crippen LogP contribution in [-0.4, -0.2) is 97.8 Å². The van der Waals surface area contributed by atoms with E-state index in [9.17, 15) is 4.79 Å². The van der Waals surface area contributed by atoms with Gasteiger partial charge in [-0.2, -0.15) is 10.2 Å². The SMILES string of the molecule is C[C@H]1c2c(nn(-c3ccc(F)c(C4CC4)c3)c2-n2ccn(-c3ccc4c(cnn4C)c3F)c2=O)C2(CCN(C)CC2)CN1C(=O)c1cc2cc([C@H]3CCOC(C)(C)C3)ccn2c1C1(c2noc(=O)[nH]2)CC1. The summed E-state index contributed by atoms with van der Waals surface area (Å²) in [7, 11) is 3.82. The lowest BCUT2D eigenvalue weighted by molar-refractivity contribution is -0.0593. The van der Waals surface area contributed by atoms with E-state index >= 15 is 18.4 Å². The molecule has 8 aromatic rings.